The van der Waals surface area contributed by atoms with Crippen LogP contribution in [-0.2, 0) is 22.8 Å². The number of carbonyl (C=O) groups is 1. The largest absolute Gasteiger partial charge is 0.416 e. The number of benzene rings is 2. The molecule has 2 aliphatic heterocycles. The smallest absolute Gasteiger partial charge is 0.349 e. The molecule has 0 aromatic heterocycles. The molecule has 34 heavy (non-hydrogen) atoms. The topological polar surface area (TPSA) is 62.4 Å². The first-order valence-corrected chi connectivity index (χ1v) is 10.7. The van der Waals surface area contributed by atoms with E-state index in [1.807, 2.05) is 0 Å². The summed E-state index contributed by atoms with van der Waals surface area (Å²) in [7, 11) is 0. The number of hydrogen-bond acceptors (Lipinski definition) is 3. The van der Waals surface area contributed by atoms with Crippen LogP contribution in [0.5, 0.6) is 0 Å². The third-order valence-electron chi connectivity index (χ3n) is 6.21. The summed E-state index contributed by atoms with van der Waals surface area (Å²) in [5.74, 6) is 0. The van der Waals surface area contributed by atoms with Crippen molar-refractivity contribution in [2.45, 2.75) is 56.0 Å². The van der Waals surface area contributed by atoms with Gasteiger partial charge in [-0.3, -0.25) is 5.32 Å². The van der Waals surface area contributed by atoms with E-state index in [2.05, 4.69) is 16.0 Å². The lowest BCUT2D eigenvalue weighted by Gasteiger charge is -2.48. The molecule has 2 amide bonds. The zero-order valence-corrected chi connectivity index (χ0v) is 18.1. The molecule has 2 aromatic rings. The van der Waals surface area contributed by atoms with Gasteiger partial charge in [-0.2, -0.15) is 26.3 Å². The first-order valence-electron chi connectivity index (χ1n) is 10.7. The van der Waals surface area contributed by atoms with Crippen molar-refractivity contribution >= 4 is 6.03 Å². The number of ether oxygens (including phenoxy) is 1. The quantitative estimate of drug-likeness (QED) is 0.527. The van der Waals surface area contributed by atoms with Crippen molar-refractivity contribution in [1.82, 2.24) is 16.0 Å². The predicted octanol–water partition coefficient (Wildman–Crippen LogP) is 5.09. The highest BCUT2D eigenvalue weighted by Gasteiger charge is 2.46. The molecule has 4 unspecified atom stereocenters. The van der Waals surface area contributed by atoms with Crippen molar-refractivity contribution in [3.8, 4) is 0 Å². The summed E-state index contributed by atoms with van der Waals surface area (Å²) in [6, 6.07) is 9.62. The van der Waals surface area contributed by atoms with Crippen LogP contribution in [0.25, 0.3) is 0 Å². The molecule has 4 atom stereocenters. The number of fused-ring (bicyclic) bond motifs is 1. The Labute approximate surface area is 191 Å². The van der Waals surface area contributed by atoms with Crippen molar-refractivity contribution in [3.63, 3.8) is 0 Å². The number of hydrogen-bond donors (Lipinski definition) is 3. The highest BCUT2D eigenvalue weighted by molar-refractivity contribution is 5.75. The Balaban J connectivity index is 1.70. The maximum absolute atomic E-state index is 13.4. The van der Waals surface area contributed by atoms with Crippen LogP contribution in [0.1, 0.15) is 48.1 Å². The van der Waals surface area contributed by atoms with Crippen LogP contribution >= 0.6 is 0 Å². The number of amides is 2. The number of alkyl halides is 6. The van der Waals surface area contributed by atoms with Crippen LogP contribution in [0.4, 0.5) is 31.1 Å². The zero-order chi connectivity index (χ0) is 24.7. The predicted molar refractivity (Wildman–Crippen MR) is 111 cm³/mol. The third kappa shape index (κ3) is 5.00. The van der Waals surface area contributed by atoms with Gasteiger partial charge < -0.3 is 15.4 Å². The van der Waals surface area contributed by atoms with Gasteiger partial charge in [-0.15, -0.1) is 0 Å². The molecule has 0 bridgehead atoms. The van der Waals surface area contributed by atoms with Gasteiger partial charge in [0.05, 0.1) is 17.2 Å². The minimum absolute atomic E-state index is 0.100. The maximum Gasteiger partial charge on any atom is 0.416 e. The van der Waals surface area contributed by atoms with Gasteiger partial charge in [0.15, 0.2) is 0 Å². The fourth-order valence-electron chi connectivity index (χ4n) is 4.50. The van der Waals surface area contributed by atoms with E-state index in [-0.39, 0.29) is 29.7 Å². The molecule has 5 nitrogen and oxygen atoms in total. The highest BCUT2D eigenvalue weighted by Crippen LogP contribution is 2.41. The van der Waals surface area contributed by atoms with Crippen LogP contribution in [0.2, 0.25) is 0 Å². The zero-order valence-electron chi connectivity index (χ0n) is 18.1. The number of rotatable bonds is 4. The summed E-state index contributed by atoms with van der Waals surface area (Å²) in [5.41, 5.74) is -3.52. The average molecular weight is 487 g/mol. The summed E-state index contributed by atoms with van der Waals surface area (Å²) in [4.78, 5) is 11.7. The van der Waals surface area contributed by atoms with Gasteiger partial charge in [0.25, 0.3) is 0 Å². The van der Waals surface area contributed by atoms with Gasteiger partial charge in [0.1, 0.15) is 5.72 Å². The number of nitrogens with one attached hydrogen (secondary N) is 3. The normalized spacial score (nSPS) is 26.3. The van der Waals surface area contributed by atoms with E-state index in [4.69, 9.17) is 4.74 Å². The molecule has 2 aromatic carbocycles. The van der Waals surface area contributed by atoms with Gasteiger partial charge in [-0.25, -0.2) is 4.79 Å². The van der Waals surface area contributed by atoms with Crippen LogP contribution in [-0.4, -0.2) is 24.7 Å². The molecular weight excluding hydrogens is 464 g/mol. The fourth-order valence-corrected chi connectivity index (χ4v) is 4.50. The molecule has 0 radical (unpaired) electrons. The van der Waals surface area contributed by atoms with Crippen LogP contribution in [0.3, 0.4) is 0 Å². The van der Waals surface area contributed by atoms with Crippen molar-refractivity contribution < 1.29 is 35.9 Å². The Morgan fingerprint density at radius 1 is 0.971 bits per heavy atom. The number of halogens is 6. The Bertz CT molecular complexity index is 1010. The van der Waals surface area contributed by atoms with Crippen molar-refractivity contribution in [1.29, 1.82) is 0 Å². The van der Waals surface area contributed by atoms with Crippen molar-refractivity contribution in [2.75, 3.05) is 6.54 Å². The van der Waals surface area contributed by atoms with E-state index < -0.39 is 35.3 Å². The van der Waals surface area contributed by atoms with Gasteiger partial charge in [-0.05, 0) is 49.1 Å². The van der Waals surface area contributed by atoms with Gasteiger partial charge in [0, 0.05) is 18.6 Å². The Kier molecular flexibility index (Phi) is 6.28. The fraction of sp³-hybridized carbons (Fsp3) is 0.435. The lowest BCUT2D eigenvalue weighted by Crippen LogP contribution is -2.69. The summed E-state index contributed by atoms with van der Waals surface area (Å²) in [6.07, 6.45) is -10.2. The molecule has 184 valence electrons. The maximum atomic E-state index is 13.4. The number of piperidine rings is 1. The molecule has 2 fully saturated rings. The molecule has 2 heterocycles. The second-order valence-electron chi connectivity index (χ2n) is 8.54. The van der Waals surface area contributed by atoms with E-state index in [0.29, 0.717) is 37.1 Å². The van der Waals surface area contributed by atoms with Crippen LogP contribution < -0.4 is 16.0 Å². The van der Waals surface area contributed by atoms with Crippen molar-refractivity contribution in [3.05, 3.63) is 70.8 Å². The monoisotopic (exact) mass is 487 g/mol. The van der Waals surface area contributed by atoms with E-state index >= 15 is 0 Å². The molecule has 11 heteroatoms. The Morgan fingerprint density at radius 2 is 1.59 bits per heavy atom. The van der Waals surface area contributed by atoms with Crippen LogP contribution in [0.15, 0.2) is 48.5 Å². The molecular formula is C23H23F6N3O2. The van der Waals surface area contributed by atoms with E-state index in [1.165, 1.54) is 6.92 Å². The molecule has 3 N–H and O–H groups in total. The van der Waals surface area contributed by atoms with Gasteiger partial charge >= 0.3 is 18.4 Å². The Hall–Kier alpha value is -2.79. The first-order chi connectivity index (χ1) is 15.9. The molecule has 0 saturated carbocycles. The molecule has 0 spiro atoms. The second-order valence-corrected chi connectivity index (χ2v) is 8.54. The van der Waals surface area contributed by atoms with E-state index in [1.54, 1.807) is 30.3 Å². The van der Waals surface area contributed by atoms with Crippen LogP contribution in [0, 0.1) is 0 Å². The lowest BCUT2D eigenvalue weighted by molar-refractivity contribution is -0.148. The molecule has 2 aliphatic rings. The summed E-state index contributed by atoms with van der Waals surface area (Å²) < 4.78 is 86.4. The standard InChI is InChI=1S/C23H23F6N3O2/c1-13(14-9-16(22(24,25)26)11-17(10-14)23(27,28)29)34-21(15-5-3-2-4-6-15)8-7-18-19(32-21)12-30-20(33)31-18/h2-6,9-11,13,18-19,32H,7-8,12H2,1H3,(H2,30,31,33). The average Bonchev–Trinajstić information content (AvgIpc) is 2.78. The van der Waals surface area contributed by atoms with Crippen molar-refractivity contribution in [2.24, 2.45) is 0 Å². The summed E-state index contributed by atoms with van der Waals surface area (Å²) >= 11 is 0. The first kappa shape index (κ1) is 24.3. The minimum Gasteiger partial charge on any atom is -0.349 e. The summed E-state index contributed by atoms with van der Waals surface area (Å²) in [5, 5.41) is 8.86. The molecule has 4 rings (SSSR count). The lowest BCUT2D eigenvalue weighted by atomic mass is 9.85. The summed E-state index contributed by atoms with van der Waals surface area (Å²) in [6.45, 7) is 1.72. The number of urea groups is 1. The Morgan fingerprint density at radius 3 is 2.18 bits per heavy atom. The van der Waals surface area contributed by atoms with Gasteiger partial charge in [0.2, 0.25) is 0 Å². The second kappa shape index (κ2) is 8.77. The van der Waals surface area contributed by atoms with Gasteiger partial charge in [-0.1, -0.05) is 30.3 Å². The molecule has 2 saturated heterocycles. The SMILES string of the molecule is CC(OC1(c2ccccc2)CCC2NC(=O)NCC2N1)c1cc(C(F)(F)F)cc(C(F)(F)F)c1. The third-order valence-corrected chi connectivity index (χ3v) is 6.21. The minimum atomic E-state index is -4.95. The van der Waals surface area contributed by atoms with E-state index in [0.717, 1.165) is 0 Å². The highest BCUT2D eigenvalue weighted by atomic mass is 19.4. The number of carbonyl (C=O) groups excluding carboxylic acids is 1. The van der Waals surface area contributed by atoms with E-state index in [9.17, 15) is 31.1 Å². The molecule has 0 aliphatic carbocycles.